The summed E-state index contributed by atoms with van der Waals surface area (Å²) in [5.74, 6) is 0.578. The molecule has 4 nitrogen and oxygen atoms in total. The molecule has 1 aromatic heterocycles. The minimum atomic E-state index is -0.249. The minimum absolute atomic E-state index is 0.0626. The lowest BCUT2D eigenvalue weighted by molar-refractivity contribution is 0.0140. The van der Waals surface area contributed by atoms with Gasteiger partial charge in [0.15, 0.2) is 11.6 Å². The third-order valence-corrected chi connectivity index (χ3v) is 2.58. The third kappa shape index (κ3) is 3.16. The monoisotopic (exact) mass is 210 g/mol. The van der Waals surface area contributed by atoms with E-state index in [1.807, 2.05) is 20.9 Å². The molecule has 0 aliphatic rings. The maximum absolute atomic E-state index is 11.8. The molecule has 0 saturated carbocycles. The van der Waals surface area contributed by atoms with Crippen molar-refractivity contribution in [2.45, 2.75) is 32.3 Å². The molecule has 1 heterocycles. The molecule has 1 aromatic rings. The second kappa shape index (κ2) is 4.57. The Morgan fingerprint density at radius 3 is 2.73 bits per heavy atom. The second-order valence-corrected chi connectivity index (χ2v) is 4.25. The van der Waals surface area contributed by atoms with Crippen molar-refractivity contribution in [3.05, 3.63) is 18.2 Å². The maximum Gasteiger partial charge on any atom is 0.198 e. The Kier molecular flexibility index (Phi) is 3.63. The summed E-state index contributed by atoms with van der Waals surface area (Å²) in [7, 11) is 3.48. The van der Waals surface area contributed by atoms with Gasteiger partial charge in [0.05, 0.1) is 5.60 Å². The number of methoxy groups -OCH3 is 1. The Morgan fingerprint density at radius 1 is 1.60 bits per heavy atom. The molecule has 0 bridgehead atoms. The van der Waals surface area contributed by atoms with Crippen LogP contribution in [0.2, 0.25) is 0 Å². The zero-order chi connectivity index (χ0) is 11.5. The van der Waals surface area contributed by atoms with Crippen LogP contribution < -0.4 is 0 Å². The number of hydrogen-bond donors (Lipinski definition) is 0. The number of carbonyl (C=O) groups excluding carboxylic acids is 1. The van der Waals surface area contributed by atoms with E-state index in [0.29, 0.717) is 18.7 Å². The van der Waals surface area contributed by atoms with Crippen molar-refractivity contribution in [2.75, 3.05) is 7.11 Å². The Bertz CT molecular complexity index is 342. The highest BCUT2D eigenvalue weighted by Crippen LogP contribution is 2.16. The van der Waals surface area contributed by atoms with Crippen molar-refractivity contribution in [1.82, 2.24) is 9.55 Å². The van der Waals surface area contributed by atoms with Gasteiger partial charge >= 0.3 is 0 Å². The Balaban J connectivity index is 2.55. The number of hydrogen-bond acceptors (Lipinski definition) is 3. The molecule has 0 radical (unpaired) electrons. The van der Waals surface area contributed by atoms with Crippen LogP contribution in [0, 0.1) is 0 Å². The van der Waals surface area contributed by atoms with E-state index in [4.69, 9.17) is 4.74 Å². The van der Waals surface area contributed by atoms with E-state index in [-0.39, 0.29) is 11.4 Å². The quantitative estimate of drug-likeness (QED) is 0.696. The summed E-state index contributed by atoms with van der Waals surface area (Å²) in [5.41, 5.74) is -0.249. The fourth-order valence-electron chi connectivity index (χ4n) is 1.26. The van der Waals surface area contributed by atoms with Gasteiger partial charge in [-0.3, -0.25) is 4.79 Å². The van der Waals surface area contributed by atoms with Crippen LogP contribution in [0.25, 0.3) is 0 Å². The first-order chi connectivity index (χ1) is 6.96. The van der Waals surface area contributed by atoms with Crippen LogP contribution in [0.1, 0.15) is 37.3 Å². The number of rotatable bonds is 5. The van der Waals surface area contributed by atoms with Crippen LogP contribution >= 0.6 is 0 Å². The van der Waals surface area contributed by atoms with Gasteiger partial charge in [0.25, 0.3) is 0 Å². The lowest BCUT2D eigenvalue weighted by Gasteiger charge is -2.21. The molecule has 1 rings (SSSR count). The first-order valence-electron chi connectivity index (χ1n) is 5.02. The second-order valence-electron chi connectivity index (χ2n) is 4.25. The number of aryl methyl sites for hydroxylation is 1. The lowest BCUT2D eigenvalue weighted by Crippen LogP contribution is -2.24. The van der Waals surface area contributed by atoms with Crippen molar-refractivity contribution in [3.8, 4) is 0 Å². The fraction of sp³-hybridized carbons (Fsp3) is 0.636. The average molecular weight is 210 g/mol. The summed E-state index contributed by atoms with van der Waals surface area (Å²) < 4.78 is 6.99. The molecule has 15 heavy (non-hydrogen) atoms. The summed E-state index contributed by atoms with van der Waals surface area (Å²) in [6.07, 6.45) is 4.57. The van der Waals surface area contributed by atoms with Gasteiger partial charge in [0, 0.05) is 33.0 Å². The summed E-state index contributed by atoms with van der Waals surface area (Å²) in [6, 6.07) is 0. The Morgan fingerprint density at radius 2 is 2.27 bits per heavy atom. The molecule has 0 spiro atoms. The van der Waals surface area contributed by atoms with Crippen LogP contribution in [0.15, 0.2) is 12.4 Å². The van der Waals surface area contributed by atoms with Crippen LogP contribution in [0.4, 0.5) is 0 Å². The zero-order valence-electron chi connectivity index (χ0n) is 9.78. The van der Waals surface area contributed by atoms with Gasteiger partial charge in [-0.05, 0) is 20.3 Å². The molecular formula is C11H18N2O2. The Labute approximate surface area is 90.3 Å². The number of aromatic nitrogens is 2. The molecule has 0 aliphatic carbocycles. The first kappa shape index (κ1) is 11.9. The van der Waals surface area contributed by atoms with Gasteiger partial charge in [-0.1, -0.05) is 0 Å². The topological polar surface area (TPSA) is 44.1 Å². The third-order valence-electron chi connectivity index (χ3n) is 2.58. The smallest absolute Gasteiger partial charge is 0.198 e. The SMILES string of the molecule is COC(C)(C)CCC(=O)c1nccn1C. The van der Waals surface area contributed by atoms with E-state index in [1.54, 1.807) is 24.1 Å². The van der Waals surface area contributed by atoms with Crippen molar-refractivity contribution in [1.29, 1.82) is 0 Å². The highest BCUT2D eigenvalue weighted by Gasteiger charge is 2.20. The molecule has 0 N–H and O–H groups in total. The van der Waals surface area contributed by atoms with Crippen molar-refractivity contribution in [2.24, 2.45) is 7.05 Å². The number of ketones is 1. The van der Waals surface area contributed by atoms with Crippen molar-refractivity contribution in [3.63, 3.8) is 0 Å². The van der Waals surface area contributed by atoms with E-state index >= 15 is 0 Å². The largest absolute Gasteiger partial charge is 0.379 e. The summed E-state index contributed by atoms with van der Waals surface area (Å²) in [6.45, 7) is 3.94. The van der Waals surface area contributed by atoms with Crippen LogP contribution in [0.3, 0.4) is 0 Å². The van der Waals surface area contributed by atoms with Gasteiger partial charge in [-0.25, -0.2) is 4.98 Å². The van der Waals surface area contributed by atoms with E-state index in [0.717, 1.165) is 0 Å². The van der Waals surface area contributed by atoms with Gasteiger partial charge in [0.2, 0.25) is 0 Å². The van der Waals surface area contributed by atoms with Crippen molar-refractivity contribution >= 4 is 5.78 Å². The zero-order valence-corrected chi connectivity index (χ0v) is 9.78. The van der Waals surface area contributed by atoms with Crippen LogP contribution in [-0.2, 0) is 11.8 Å². The molecule has 0 saturated heterocycles. The summed E-state index contributed by atoms with van der Waals surface area (Å²) >= 11 is 0. The molecule has 0 amide bonds. The molecule has 84 valence electrons. The Hall–Kier alpha value is -1.16. The molecule has 0 aliphatic heterocycles. The van der Waals surface area contributed by atoms with Gasteiger partial charge in [0.1, 0.15) is 0 Å². The predicted octanol–water partition coefficient (Wildman–Crippen LogP) is 1.81. The minimum Gasteiger partial charge on any atom is -0.379 e. The average Bonchev–Trinajstić information content (AvgIpc) is 2.61. The van der Waals surface area contributed by atoms with E-state index in [9.17, 15) is 4.79 Å². The van der Waals surface area contributed by atoms with Gasteiger partial charge < -0.3 is 9.30 Å². The number of nitrogens with zero attached hydrogens (tertiary/aromatic N) is 2. The van der Waals surface area contributed by atoms with Gasteiger partial charge in [-0.15, -0.1) is 0 Å². The lowest BCUT2D eigenvalue weighted by atomic mass is 10.0. The standard InChI is InChI=1S/C11H18N2O2/c1-11(2,15-4)6-5-9(14)10-12-7-8-13(10)3/h7-8H,5-6H2,1-4H3. The molecule has 4 heteroatoms. The molecule has 0 aromatic carbocycles. The molecule has 0 fully saturated rings. The number of ether oxygens (including phenoxy) is 1. The number of imidazole rings is 1. The van der Waals surface area contributed by atoms with E-state index in [1.165, 1.54) is 0 Å². The first-order valence-corrected chi connectivity index (χ1v) is 5.02. The highest BCUT2D eigenvalue weighted by atomic mass is 16.5. The molecular weight excluding hydrogens is 192 g/mol. The normalized spacial score (nSPS) is 11.7. The van der Waals surface area contributed by atoms with Crippen LogP contribution in [0.5, 0.6) is 0 Å². The van der Waals surface area contributed by atoms with E-state index < -0.39 is 0 Å². The van der Waals surface area contributed by atoms with Gasteiger partial charge in [-0.2, -0.15) is 0 Å². The molecule has 0 atom stereocenters. The van der Waals surface area contributed by atoms with Crippen molar-refractivity contribution < 1.29 is 9.53 Å². The summed E-state index contributed by atoms with van der Waals surface area (Å²) in [4.78, 5) is 15.8. The highest BCUT2D eigenvalue weighted by molar-refractivity contribution is 5.92. The summed E-state index contributed by atoms with van der Waals surface area (Å²) in [5, 5.41) is 0. The number of carbonyl (C=O) groups is 1. The van der Waals surface area contributed by atoms with Crippen LogP contribution in [-0.4, -0.2) is 28.0 Å². The predicted molar refractivity (Wildman–Crippen MR) is 57.9 cm³/mol. The van der Waals surface area contributed by atoms with E-state index in [2.05, 4.69) is 4.98 Å². The number of Topliss-reactive ketones (excluding diaryl/α,β-unsaturated/α-hetero) is 1. The fourth-order valence-corrected chi connectivity index (χ4v) is 1.26. The molecule has 0 unspecified atom stereocenters. The maximum atomic E-state index is 11.8.